The number of aromatic nitrogens is 1. The van der Waals surface area contributed by atoms with Crippen LogP contribution >= 0.6 is 23.2 Å². The topological polar surface area (TPSA) is 42.4 Å². The lowest BCUT2D eigenvalue weighted by Gasteiger charge is -2.08. The molecule has 5 heteroatoms. The van der Waals surface area contributed by atoms with Crippen LogP contribution < -0.4 is 4.74 Å². The Balaban J connectivity index is 2.15. The minimum absolute atomic E-state index is 0.433. The molecule has 2 aromatic rings. The molecule has 0 saturated carbocycles. The zero-order chi connectivity index (χ0) is 13.1. The van der Waals surface area contributed by atoms with Crippen molar-refractivity contribution in [3.63, 3.8) is 0 Å². The Morgan fingerprint density at radius 3 is 2.39 bits per heavy atom. The first-order valence-corrected chi connectivity index (χ1v) is 6.09. The third-order valence-corrected chi connectivity index (χ3v) is 3.05. The highest BCUT2D eigenvalue weighted by Gasteiger charge is 2.04. The minimum atomic E-state index is -0.593. The van der Waals surface area contributed by atoms with Crippen molar-refractivity contribution in [2.75, 3.05) is 0 Å². The molecule has 1 unspecified atom stereocenters. The molecule has 0 saturated heterocycles. The minimum Gasteiger partial charge on any atom is -0.456 e. The average Bonchev–Trinajstić information content (AvgIpc) is 2.34. The smallest absolute Gasteiger partial charge is 0.145 e. The quantitative estimate of drug-likeness (QED) is 0.916. The van der Waals surface area contributed by atoms with Gasteiger partial charge in [-0.25, -0.2) is 0 Å². The summed E-state index contributed by atoms with van der Waals surface area (Å²) in [6, 6.07) is 8.45. The predicted octanol–water partition coefficient (Wildman–Crippen LogP) is 4.23. The molecule has 0 aliphatic rings. The molecule has 0 radical (unpaired) electrons. The summed E-state index contributed by atoms with van der Waals surface area (Å²) >= 11 is 11.7. The van der Waals surface area contributed by atoms with Crippen LogP contribution in [0.5, 0.6) is 11.5 Å². The highest BCUT2D eigenvalue weighted by Crippen LogP contribution is 2.29. The third-order valence-electron chi connectivity index (χ3n) is 2.31. The monoisotopic (exact) mass is 283 g/mol. The van der Waals surface area contributed by atoms with E-state index in [1.54, 1.807) is 43.5 Å². The van der Waals surface area contributed by atoms with E-state index in [4.69, 9.17) is 27.9 Å². The average molecular weight is 284 g/mol. The maximum Gasteiger partial charge on any atom is 0.145 e. The third kappa shape index (κ3) is 3.13. The molecule has 0 amide bonds. The first-order chi connectivity index (χ1) is 8.56. The molecule has 2 rings (SSSR count). The van der Waals surface area contributed by atoms with Crippen molar-refractivity contribution >= 4 is 23.2 Å². The van der Waals surface area contributed by atoms with Crippen molar-refractivity contribution in [2.45, 2.75) is 13.0 Å². The van der Waals surface area contributed by atoms with Crippen LogP contribution in [-0.4, -0.2) is 10.1 Å². The lowest BCUT2D eigenvalue weighted by molar-refractivity contribution is 0.194. The first-order valence-electron chi connectivity index (χ1n) is 5.33. The molecular formula is C13H11Cl2NO2. The van der Waals surface area contributed by atoms with Gasteiger partial charge in [0, 0.05) is 6.07 Å². The molecule has 3 nitrogen and oxygen atoms in total. The van der Waals surface area contributed by atoms with E-state index >= 15 is 0 Å². The van der Waals surface area contributed by atoms with Crippen LogP contribution in [-0.2, 0) is 0 Å². The van der Waals surface area contributed by atoms with Gasteiger partial charge in [-0.2, -0.15) is 0 Å². The number of halogens is 2. The van der Waals surface area contributed by atoms with E-state index in [9.17, 15) is 5.11 Å². The second-order valence-corrected chi connectivity index (χ2v) is 4.59. The van der Waals surface area contributed by atoms with Gasteiger partial charge in [0.1, 0.15) is 11.5 Å². The standard InChI is InChI=1S/C13H11Cl2NO2/c1-8(17)13-5-3-10(7-16-13)18-9-2-4-11(14)12(15)6-9/h2-8,17H,1H3. The number of ether oxygens (including phenoxy) is 1. The van der Waals surface area contributed by atoms with Gasteiger partial charge >= 0.3 is 0 Å². The Bertz CT molecular complexity index is 541. The van der Waals surface area contributed by atoms with Crippen molar-refractivity contribution in [1.82, 2.24) is 4.98 Å². The molecule has 0 spiro atoms. The fraction of sp³-hybridized carbons (Fsp3) is 0.154. The molecule has 1 N–H and O–H groups in total. The van der Waals surface area contributed by atoms with Gasteiger partial charge < -0.3 is 9.84 Å². The Morgan fingerprint density at radius 1 is 1.11 bits per heavy atom. The fourth-order valence-electron chi connectivity index (χ4n) is 1.38. The molecular weight excluding hydrogens is 273 g/mol. The van der Waals surface area contributed by atoms with Crippen molar-refractivity contribution in [3.05, 3.63) is 52.3 Å². The molecule has 0 fully saturated rings. The molecule has 0 aliphatic heterocycles. The zero-order valence-corrected chi connectivity index (χ0v) is 11.1. The maximum absolute atomic E-state index is 9.34. The van der Waals surface area contributed by atoms with Crippen LogP contribution in [0.2, 0.25) is 10.0 Å². The summed E-state index contributed by atoms with van der Waals surface area (Å²) in [5.41, 5.74) is 0.594. The first kappa shape index (κ1) is 13.1. The van der Waals surface area contributed by atoms with Gasteiger partial charge in [0.15, 0.2) is 0 Å². The van der Waals surface area contributed by atoms with Gasteiger partial charge in [-0.1, -0.05) is 23.2 Å². The van der Waals surface area contributed by atoms with E-state index in [0.29, 0.717) is 27.2 Å². The Labute approximate surface area is 115 Å². The molecule has 94 valence electrons. The van der Waals surface area contributed by atoms with Crippen molar-refractivity contribution in [3.8, 4) is 11.5 Å². The molecule has 1 atom stereocenters. The number of benzene rings is 1. The van der Waals surface area contributed by atoms with E-state index in [1.807, 2.05) is 0 Å². The SMILES string of the molecule is CC(O)c1ccc(Oc2ccc(Cl)c(Cl)c2)cn1. The molecule has 18 heavy (non-hydrogen) atoms. The summed E-state index contributed by atoms with van der Waals surface area (Å²) in [6.07, 6.45) is 0.953. The van der Waals surface area contributed by atoms with Crippen molar-refractivity contribution in [1.29, 1.82) is 0 Å². The van der Waals surface area contributed by atoms with Gasteiger partial charge in [0.05, 0.1) is 28.0 Å². The molecule has 1 heterocycles. The number of rotatable bonds is 3. The maximum atomic E-state index is 9.34. The van der Waals surface area contributed by atoms with E-state index < -0.39 is 6.10 Å². The fourth-order valence-corrected chi connectivity index (χ4v) is 1.66. The van der Waals surface area contributed by atoms with Crippen LogP contribution in [0.15, 0.2) is 36.5 Å². The molecule has 0 bridgehead atoms. The number of aliphatic hydroxyl groups excluding tert-OH is 1. The number of nitrogens with zero attached hydrogens (tertiary/aromatic N) is 1. The predicted molar refractivity (Wildman–Crippen MR) is 71.4 cm³/mol. The number of hydrogen-bond acceptors (Lipinski definition) is 3. The summed E-state index contributed by atoms with van der Waals surface area (Å²) in [7, 11) is 0. The van der Waals surface area contributed by atoms with Crippen molar-refractivity contribution in [2.24, 2.45) is 0 Å². The Hall–Kier alpha value is -1.29. The van der Waals surface area contributed by atoms with Crippen LogP contribution in [0.1, 0.15) is 18.7 Å². The van der Waals surface area contributed by atoms with Crippen LogP contribution in [0.4, 0.5) is 0 Å². The van der Waals surface area contributed by atoms with Gasteiger partial charge in [-0.3, -0.25) is 4.98 Å². The zero-order valence-electron chi connectivity index (χ0n) is 9.60. The van der Waals surface area contributed by atoms with Gasteiger partial charge in [-0.15, -0.1) is 0 Å². The Kier molecular flexibility index (Phi) is 4.07. The number of hydrogen-bond donors (Lipinski definition) is 1. The normalized spacial score (nSPS) is 12.2. The van der Waals surface area contributed by atoms with E-state index in [-0.39, 0.29) is 0 Å². The second-order valence-electron chi connectivity index (χ2n) is 3.77. The largest absolute Gasteiger partial charge is 0.456 e. The number of aliphatic hydroxyl groups is 1. The summed E-state index contributed by atoms with van der Waals surface area (Å²) in [5.74, 6) is 1.15. The summed E-state index contributed by atoms with van der Waals surface area (Å²) in [5, 5.41) is 10.2. The van der Waals surface area contributed by atoms with Crippen LogP contribution in [0.3, 0.4) is 0 Å². The van der Waals surface area contributed by atoms with E-state index in [2.05, 4.69) is 4.98 Å². The van der Waals surface area contributed by atoms with Gasteiger partial charge in [-0.05, 0) is 31.2 Å². The van der Waals surface area contributed by atoms with E-state index in [1.165, 1.54) is 0 Å². The van der Waals surface area contributed by atoms with Gasteiger partial charge in [0.2, 0.25) is 0 Å². The summed E-state index contributed by atoms with van der Waals surface area (Å²) in [6.45, 7) is 1.65. The second kappa shape index (κ2) is 5.57. The molecule has 0 aliphatic carbocycles. The lowest BCUT2D eigenvalue weighted by Crippen LogP contribution is -1.95. The highest BCUT2D eigenvalue weighted by molar-refractivity contribution is 6.42. The van der Waals surface area contributed by atoms with Crippen LogP contribution in [0.25, 0.3) is 0 Å². The van der Waals surface area contributed by atoms with Crippen molar-refractivity contribution < 1.29 is 9.84 Å². The van der Waals surface area contributed by atoms with Gasteiger partial charge in [0.25, 0.3) is 0 Å². The Morgan fingerprint density at radius 2 is 1.83 bits per heavy atom. The molecule has 1 aromatic heterocycles. The van der Waals surface area contributed by atoms with E-state index in [0.717, 1.165) is 0 Å². The summed E-state index contributed by atoms with van der Waals surface area (Å²) in [4.78, 5) is 4.08. The summed E-state index contributed by atoms with van der Waals surface area (Å²) < 4.78 is 5.56. The highest BCUT2D eigenvalue weighted by atomic mass is 35.5. The van der Waals surface area contributed by atoms with Crippen LogP contribution in [0, 0.1) is 0 Å². The molecule has 1 aromatic carbocycles. The number of pyridine rings is 1. The lowest BCUT2D eigenvalue weighted by atomic mass is 10.2.